The van der Waals surface area contributed by atoms with Gasteiger partial charge in [-0.05, 0) is 61.6 Å². The van der Waals surface area contributed by atoms with Crippen LogP contribution < -0.4 is 14.4 Å². The molecule has 1 N–H and O–H groups in total. The number of sulfonamides is 1. The van der Waals surface area contributed by atoms with E-state index in [0.717, 1.165) is 47.5 Å². The maximum Gasteiger partial charge on any atom is 0.264 e. The topological polar surface area (TPSA) is 96.0 Å². The summed E-state index contributed by atoms with van der Waals surface area (Å²) < 4.78 is 34.6. The smallest absolute Gasteiger partial charge is 0.264 e. The highest BCUT2D eigenvalue weighted by Crippen LogP contribution is 2.32. The number of hydrogen-bond donors (Lipinski definition) is 1. The molecule has 1 saturated carbocycles. The summed E-state index contributed by atoms with van der Waals surface area (Å²) in [5.74, 6) is -0.368. The highest BCUT2D eigenvalue weighted by Gasteiger charge is 2.35. The van der Waals surface area contributed by atoms with E-state index in [-0.39, 0.29) is 29.1 Å². The lowest BCUT2D eigenvalue weighted by Gasteiger charge is -2.35. The molecule has 1 aliphatic carbocycles. The molecular weight excluding hydrogens is 550 g/mol. The van der Waals surface area contributed by atoms with Crippen LogP contribution in [0.5, 0.6) is 5.75 Å². The number of nitrogens with zero attached hydrogens (tertiary/aromatic N) is 2. The molecule has 0 spiro atoms. The number of rotatable bonds is 12. The molecule has 42 heavy (non-hydrogen) atoms. The summed E-state index contributed by atoms with van der Waals surface area (Å²) in [7, 11) is -2.71. The predicted molar refractivity (Wildman–Crippen MR) is 165 cm³/mol. The summed E-state index contributed by atoms with van der Waals surface area (Å²) in [6.07, 6.45) is 5.53. The molecule has 0 radical (unpaired) electrons. The molecule has 2 amide bonds. The van der Waals surface area contributed by atoms with Crippen LogP contribution in [0.25, 0.3) is 0 Å². The van der Waals surface area contributed by atoms with Crippen molar-refractivity contribution in [3.8, 4) is 5.75 Å². The van der Waals surface area contributed by atoms with Crippen LogP contribution in [-0.4, -0.2) is 50.9 Å². The molecule has 0 saturated heterocycles. The third kappa shape index (κ3) is 7.31. The second-order valence-corrected chi connectivity index (χ2v) is 12.6. The number of para-hydroxylation sites is 2. The molecule has 0 aromatic heterocycles. The van der Waals surface area contributed by atoms with Crippen LogP contribution in [0.1, 0.15) is 56.6 Å². The first-order valence-electron chi connectivity index (χ1n) is 14.6. The number of aryl methyl sites for hydroxylation is 1. The van der Waals surface area contributed by atoms with Crippen LogP contribution in [0.3, 0.4) is 0 Å². The van der Waals surface area contributed by atoms with Crippen LogP contribution in [0.2, 0.25) is 0 Å². The molecule has 3 aromatic carbocycles. The van der Waals surface area contributed by atoms with Crippen molar-refractivity contribution in [2.75, 3.05) is 18.0 Å². The van der Waals surface area contributed by atoms with Crippen LogP contribution in [0.4, 0.5) is 5.69 Å². The average molecular weight is 592 g/mol. The first-order chi connectivity index (χ1) is 20.3. The van der Waals surface area contributed by atoms with E-state index in [0.29, 0.717) is 12.2 Å². The molecule has 1 aliphatic rings. The zero-order chi connectivity index (χ0) is 30.1. The van der Waals surface area contributed by atoms with Crippen molar-refractivity contribution in [2.24, 2.45) is 0 Å². The van der Waals surface area contributed by atoms with Gasteiger partial charge in [-0.3, -0.25) is 13.9 Å². The maximum atomic E-state index is 14.3. The van der Waals surface area contributed by atoms with E-state index in [4.69, 9.17) is 4.74 Å². The molecular formula is C33H41N3O5S. The van der Waals surface area contributed by atoms with Gasteiger partial charge in [0.1, 0.15) is 18.3 Å². The molecule has 9 heteroatoms. The van der Waals surface area contributed by atoms with Crippen molar-refractivity contribution < 1.29 is 22.7 Å². The SMILES string of the molecule is CCC(C(=O)NC1CCCCC1)N(Cc1ccccc1C)C(=O)CN(c1ccccc1OC)S(=O)(=O)c1ccccc1. The lowest BCUT2D eigenvalue weighted by Crippen LogP contribution is -2.54. The first kappa shape index (κ1) is 31.1. The zero-order valence-electron chi connectivity index (χ0n) is 24.7. The number of benzene rings is 3. The van der Waals surface area contributed by atoms with E-state index in [1.807, 2.05) is 38.1 Å². The Morgan fingerprint density at radius 1 is 0.929 bits per heavy atom. The Balaban J connectivity index is 1.73. The number of nitrogens with one attached hydrogen (secondary N) is 1. The maximum absolute atomic E-state index is 14.3. The summed E-state index contributed by atoms with van der Waals surface area (Å²) >= 11 is 0. The van der Waals surface area contributed by atoms with E-state index in [1.165, 1.54) is 24.1 Å². The summed E-state index contributed by atoms with van der Waals surface area (Å²) in [5.41, 5.74) is 2.12. The Bertz CT molecular complexity index is 1460. The van der Waals surface area contributed by atoms with Crippen LogP contribution in [-0.2, 0) is 26.2 Å². The van der Waals surface area contributed by atoms with Gasteiger partial charge < -0.3 is 15.0 Å². The largest absolute Gasteiger partial charge is 0.495 e. The standard InChI is InChI=1S/C33H41N3O5S/c1-4-29(33(38)34-27-17-7-5-8-18-27)35(23-26-16-12-11-15-25(26)2)32(37)24-36(30-21-13-14-22-31(30)41-3)42(39,40)28-19-9-6-10-20-28/h6,9-16,19-22,27,29H,4-5,7-8,17-18,23-24H2,1-3H3,(H,34,38). The fourth-order valence-electron chi connectivity index (χ4n) is 5.50. The van der Waals surface area contributed by atoms with Gasteiger partial charge in [0.15, 0.2) is 0 Å². The molecule has 1 unspecified atom stereocenters. The van der Waals surface area contributed by atoms with Crippen LogP contribution in [0.15, 0.2) is 83.8 Å². The third-order valence-corrected chi connectivity index (χ3v) is 9.68. The van der Waals surface area contributed by atoms with E-state index >= 15 is 0 Å². The Morgan fingerprint density at radius 2 is 1.57 bits per heavy atom. The van der Waals surface area contributed by atoms with E-state index in [1.54, 1.807) is 42.5 Å². The van der Waals surface area contributed by atoms with Gasteiger partial charge in [0.25, 0.3) is 10.0 Å². The number of ether oxygens (including phenoxy) is 1. The van der Waals surface area contributed by atoms with Crippen molar-refractivity contribution in [3.63, 3.8) is 0 Å². The summed E-state index contributed by atoms with van der Waals surface area (Å²) in [6.45, 7) is 3.51. The molecule has 0 bridgehead atoms. The number of carbonyl (C=O) groups is 2. The number of methoxy groups -OCH3 is 1. The normalized spacial score (nSPS) is 14.5. The Labute approximate surface area is 249 Å². The second kappa shape index (κ2) is 14.4. The predicted octanol–water partition coefficient (Wildman–Crippen LogP) is 5.46. The van der Waals surface area contributed by atoms with Gasteiger partial charge in [-0.2, -0.15) is 0 Å². The highest BCUT2D eigenvalue weighted by atomic mass is 32.2. The summed E-state index contributed by atoms with van der Waals surface area (Å²) in [5, 5.41) is 3.18. The van der Waals surface area contributed by atoms with E-state index < -0.39 is 28.5 Å². The van der Waals surface area contributed by atoms with Gasteiger partial charge in [-0.15, -0.1) is 0 Å². The molecule has 0 heterocycles. The van der Waals surface area contributed by atoms with Gasteiger partial charge >= 0.3 is 0 Å². The first-order valence-corrected chi connectivity index (χ1v) is 16.1. The van der Waals surface area contributed by atoms with Gasteiger partial charge in [-0.1, -0.05) is 80.8 Å². The molecule has 4 rings (SSSR count). The molecule has 3 aromatic rings. The second-order valence-electron chi connectivity index (χ2n) is 10.7. The molecule has 1 fully saturated rings. The van der Waals surface area contributed by atoms with Crippen LogP contribution >= 0.6 is 0 Å². The highest BCUT2D eigenvalue weighted by molar-refractivity contribution is 7.92. The van der Waals surface area contributed by atoms with E-state index in [2.05, 4.69) is 5.32 Å². The quantitative estimate of drug-likeness (QED) is 0.302. The average Bonchev–Trinajstić information content (AvgIpc) is 3.01. The van der Waals surface area contributed by atoms with E-state index in [9.17, 15) is 18.0 Å². The zero-order valence-corrected chi connectivity index (χ0v) is 25.5. The van der Waals surface area contributed by atoms with Crippen LogP contribution in [0, 0.1) is 6.92 Å². The summed E-state index contributed by atoms with van der Waals surface area (Å²) in [6, 6.07) is 21.8. The minimum atomic E-state index is -4.17. The Hall–Kier alpha value is -3.85. The monoisotopic (exact) mass is 591 g/mol. The van der Waals surface area contributed by atoms with Gasteiger partial charge in [0.05, 0.1) is 17.7 Å². The third-order valence-electron chi connectivity index (χ3n) is 7.90. The van der Waals surface area contributed by atoms with Gasteiger partial charge in [0, 0.05) is 12.6 Å². The molecule has 8 nitrogen and oxygen atoms in total. The van der Waals surface area contributed by atoms with Crippen molar-refractivity contribution >= 4 is 27.5 Å². The van der Waals surface area contributed by atoms with Gasteiger partial charge in [-0.25, -0.2) is 8.42 Å². The lowest BCUT2D eigenvalue weighted by atomic mass is 9.95. The summed E-state index contributed by atoms with van der Waals surface area (Å²) in [4.78, 5) is 29.6. The van der Waals surface area contributed by atoms with Crippen molar-refractivity contribution in [3.05, 3.63) is 90.0 Å². The minimum Gasteiger partial charge on any atom is -0.495 e. The Kier molecular flexibility index (Phi) is 10.6. The fraction of sp³-hybridized carbons (Fsp3) is 0.394. The molecule has 0 aliphatic heterocycles. The molecule has 1 atom stereocenters. The lowest BCUT2D eigenvalue weighted by molar-refractivity contribution is -0.140. The fourth-order valence-corrected chi connectivity index (χ4v) is 6.95. The number of anilines is 1. The molecule has 224 valence electrons. The number of hydrogen-bond acceptors (Lipinski definition) is 5. The van der Waals surface area contributed by atoms with Crippen molar-refractivity contribution in [1.29, 1.82) is 0 Å². The minimum absolute atomic E-state index is 0.0521. The number of carbonyl (C=O) groups excluding carboxylic acids is 2. The van der Waals surface area contributed by atoms with Gasteiger partial charge in [0.2, 0.25) is 11.8 Å². The van der Waals surface area contributed by atoms with Crippen molar-refractivity contribution in [1.82, 2.24) is 10.2 Å². The Morgan fingerprint density at radius 3 is 2.24 bits per heavy atom. The number of amides is 2. The van der Waals surface area contributed by atoms with Crippen molar-refractivity contribution in [2.45, 2.75) is 75.9 Å².